The molecule has 2 saturated carbocycles. The Morgan fingerprint density at radius 2 is 1.44 bits per heavy atom. The summed E-state index contributed by atoms with van der Waals surface area (Å²) in [5.74, 6) is -14.6. The van der Waals surface area contributed by atoms with Gasteiger partial charge in [0.2, 0.25) is 29.7 Å². The fourth-order valence-corrected chi connectivity index (χ4v) is 13.8. The normalized spacial score (nSPS) is 25.3. The second kappa shape index (κ2) is 31.2. The number of nitrogens with one attached hydrogen (secondary N) is 5. The molecule has 6 amide bonds. The highest BCUT2D eigenvalue weighted by atomic mass is 19.2. The van der Waals surface area contributed by atoms with Gasteiger partial charge in [0.05, 0.1) is 36.2 Å². The zero-order valence-electron chi connectivity index (χ0n) is 55.9. The minimum absolute atomic E-state index is 0.0281. The summed E-state index contributed by atoms with van der Waals surface area (Å²) in [6, 6.07) is 11.9. The number of carbonyl (C=O) groups excluding carboxylic acids is 11. The predicted octanol–water partition coefficient (Wildman–Crippen LogP) is 3.96. The number of hydrogen-bond acceptors (Lipinski definition) is 20. The highest BCUT2D eigenvalue weighted by molar-refractivity contribution is 5.98. The lowest BCUT2D eigenvalue weighted by Gasteiger charge is -2.68. The molecular weight excluding hydrogens is 1290 g/mol. The van der Waals surface area contributed by atoms with Gasteiger partial charge in [-0.05, 0) is 121 Å². The molecule has 0 spiro atoms. The number of unbranched alkanes of at least 4 members (excludes halogenated alkanes) is 1. The van der Waals surface area contributed by atoms with Crippen molar-refractivity contribution in [2.24, 2.45) is 27.9 Å². The molecule has 98 heavy (non-hydrogen) atoms. The topological polar surface area (TPSA) is 418 Å². The Labute approximate surface area is 564 Å². The summed E-state index contributed by atoms with van der Waals surface area (Å²) < 4.78 is 57.3. The molecule has 3 fully saturated rings. The van der Waals surface area contributed by atoms with E-state index in [0.29, 0.717) is 12.1 Å². The standard InChI is InChI=1S/C69H86F2N6O21/c1-35(78)32-68-34-94-47(68)31-46(79)67(9)55(68)57(97-62(90)39-20-14-11-15-21-39)69(93)33-45(36(2)51(66(69,7)8)53(83)56(67)84)95-63(91)54(52(38-18-12-10-13-19-38)77-64(92)98-65(4,5)6)96-50(82)28-27-48(80)73-29-17-16-22-44(61(88)89)75-49(81)26-25-43(58(72)85)76-59(86)37(3)74-60(87)40-23-24-41(70)42(71)30-40/h10-15,18-21,23-24,30,37,43-47,52-55,57,79,83,93H,16-17,22,25-29,31-34H2,1-9H3,(H2,72,85)(H,73,80)(H,74,87)(H,75,81)(H,76,86)(H,77,92)(H,88,89)/t37-,43+,44?,45-,46-,47+,52-,53+,54+,55-,57-,67+,68+,69+/m0/s1. The number of hydrogen-bond donors (Lipinski definition) is 10. The van der Waals surface area contributed by atoms with Crippen LogP contribution >= 0.6 is 0 Å². The number of Topliss-reactive ketones (excluding diaryl/α,β-unsaturated/α-hetero) is 2. The molecule has 0 radical (unpaired) electrons. The zero-order valence-corrected chi connectivity index (χ0v) is 55.9. The molecule has 3 aromatic rings. The third kappa shape index (κ3) is 17.1. The third-order valence-corrected chi connectivity index (χ3v) is 19.0. The number of nitrogens with two attached hydrogens (primary N) is 1. The first kappa shape index (κ1) is 76.3. The summed E-state index contributed by atoms with van der Waals surface area (Å²) >= 11 is 0. The summed E-state index contributed by atoms with van der Waals surface area (Å²) in [4.78, 5) is 162. The van der Waals surface area contributed by atoms with E-state index < -0.39 is 203 Å². The van der Waals surface area contributed by atoms with Gasteiger partial charge < -0.3 is 81.2 Å². The van der Waals surface area contributed by atoms with E-state index in [9.17, 15) is 77.2 Å². The molecule has 4 aliphatic rings. The van der Waals surface area contributed by atoms with Gasteiger partial charge in [-0.3, -0.25) is 33.6 Å². The molecule has 29 heteroatoms. The first-order valence-corrected chi connectivity index (χ1v) is 32.2. The van der Waals surface area contributed by atoms with Crippen molar-refractivity contribution in [3.63, 3.8) is 0 Å². The third-order valence-electron chi connectivity index (χ3n) is 19.0. The molecule has 3 aliphatic carbocycles. The van der Waals surface area contributed by atoms with E-state index in [-0.39, 0.29) is 78.9 Å². The second-order valence-electron chi connectivity index (χ2n) is 27.2. The summed E-state index contributed by atoms with van der Waals surface area (Å²) in [5.41, 5.74) is -3.50. The van der Waals surface area contributed by atoms with Gasteiger partial charge >= 0.3 is 30.0 Å². The maximum absolute atomic E-state index is 15.4. The largest absolute Gasteiger partial charge is 0.480 e. The number of carboxylic acids is 1. The Balaban J connectivity index is 1.05. The molecule has 1 heterocycles. The molecule has 2 bridgehead atoms. The van der Waals surface area contributed by atoms with E-state index in [1.807, 2.05) is 0 Å². The van der Waals surface area contributed by atoms with Crippen LogP contribution in [0.2, 0.25) is 0 Å². The molecule has 27 nitrogen and oxygen atoms in total. The number of benzene rings is 3. The number of esters is 3. The van der Waals surface area contributed by atoms with Gasteiger partial charge in [-0.2, -0.15) is 0 Å². The van der Waals surface area contributed by atoms with Crippen LogP contribution in [0.1, 0.15) is 159 Å². The van der Waals surface area contributed by atoms with Crippen LogP contribution in [0.4, 0.5) is 13.6 Å². The predicted molar refractivity (Wildman–Crippen MR) is 340 cm³/mol. The van der Waals surface area contributed by atoms with Crippen molar-refractivity contribution in [1.29, 1.82) is 0 Å². The van der Waals surface area contributed by atoms with Crippen LogP contribution < -0.4 is 32.3 Å². The fraction of sp³-hybridized carbons (Fsp3) is 0.536. The first-order chi connectivity index (χ1) is 45.9. The summed E-state index contributed by atoms with van der Waals surface area (Å²) in [7, 11) is 0. The lowest BCUT2D eigenvalue weighted by atomic mass is 9.41. The van der Waals surface area contributed by atoms with Crippen LogP contribution in [0.15, 0.2) is 90.0 Å². The summed E-state index contributed by atoms with van der Waals surface area (Å²) in [5, 5.41) is 60.6. The molecule has 14 atom stereocenters. The van der Waals surface area contributed by atoms with Gasteiger partial charge in [-0.15, -0.1) is 0 Å². The van der Waals surface area contributed by atoms with Gasteiger partial charge in [0.15, 0.2) is 17.4 Å². The Bertz CT molecular complexity index is 3590. The second-order valence-corrected chi connectivity index (χ2v) is 27.2. The van der Waals surface area contributed by atoms with Crippen molar-refractivity contribution in [3.05, 3.63) is 118 Å². The Morgan fingerprint density at radius 3 is 2.03 bits per heavy atom. The van der Waals surface area contributed by atoms with E-state index >= 15 is 9.59 Å². The lowest BCUT2D eigenvalue weighted by molar-refractivity contribution is -0.319. The number of aliphatic hydroxyl groups excluding tert-OH is 2. The Hall–Kier alpha value is -9.06. The average molecular weight is 1370 g/mol. The van der Waals surface area contributed by atoms with Gasteiger partial charge in [-0.25, -0.2) is 28.0 Å². The number of aliphatic hydroxyl groups is 3. The van der Waals surface area contributed by atoms with Crippen LogP contribution in [-0.4, -0.2) is 171 Å². The number of amides is 6. The van der Waals surface area contributed by atoms with E-state index in [1.54, 1.807) is 57.2 Å². The molecule has 0 aromatic heterocycles. The molecule has 1 saturated heterocycles. The average Bonchev–Trinajstić information content (AvgIpc) is 0.671. The molecule has 7 rings (SSSR count). The quantitative estimate of drug-likeness (QED) is 0.0213. The summed E-state index contributed by atoms with van der Waals surface area (Å²) in [6.07, 6.45) is -14.4. The number of carbonyl (C=O) groups is 12. The number of rotatable bonds is 28. The number of fused-ring (bicyclic) bond motifs is 5. The summed E-state index contributed by atoms with van der Waals surface area (Å²) in [6.45, 7) is 12.9. The van der Waals surface area contributed by atoms with Crippen molar-refractivity contribution in [2.45, 2.75) is 199 Å². The van der Waals surface area contributed by atoms with Crippen LogP contribution in [0.3, 0.4) is 0 Å². The van der Waals surface area contributed by atoms with Crippen LogP contribution in [0, 0.1) is 33.8 Å². The van der Waals surface area contributed by atoms with Crippen molar-refractivity contribution in [2.75, 3.05) is 13.2 Å². The number of aliphatic carboxylic acids is 1. The first-order valence-electron chi connectivity index (χ1n) is 32.2. The van der Waals surface area contributed by atoms with E-state index in [4.69, 9.17) is 29.4 Å². The van der Waals surface area contributed by atoms with Crippen molar-refractivity contribution in [3.8, 4) is 0 Å². The van der Waals surface area contributed by atoms with E-state index in [2.05, 4.69) is 26.6 Å². The van der Waals surface area contributed by atoms with Crippen molar-refractivity contribution < 1.29 is 110 Å². The van der Waals surface area contributed by atoms with Crippen molar-refractivity contribution >= 4 is 71.1 Å². The lowest BCUT2D eigenvalue weighted by Crippen LogP contribution is -2.78. The molecule has 11 N–H and O–H groups in total. The molecule has 532 valence electrons. The highest BCUT2D eigenvalue weighted by Gasteiger charge is 2.76. The Morgan fingerprint density at radius 1 is 0.786 bits per heavy atom. The molecular formula is C69H86F2N6O21. The maximum atomic E-state index is 15.4. The number of primary amides is 1. The maximum Gasteiger partial charge on any atom is 0.408 e. The zero-order chi connectivity index (χ0) is 72.6. The number of ketones is 2. The number of carboxylic acid groups (broad SMARTS) is 1. The van der Waals surface area contributed by atoms with Crippen LogP contribution in [-0.2, 0) is 66.8 Å². The van der Waals surface area contributed by atoms with Crippen LogP contribution in [0.25, 0.3) is 0 Å². The van der Waals surface area contributed by atoms with Crippen molar-refractivity contribution in [1.82, 2.24) is 26.6 Å². The monoisotopic (exact) mass is 1370 g/mol. The number of alkyl carbamates (subject to hydrolysis) is 1. The molecule has 1 unspecified atom stereocenters. The molecule has 1 aliphatic heterocycles. The van der Waals surface area contributed by atoms with E-state index in [0.717, 1.165) is 6.07 Å². The number of ether oxygens (including phenoxy) is 5. The van der Waals surface area contributed by atoms with Gasteiger partial charge in [0.1, 0.15) is 59.5 Å². The highest BCUT2D eigenvalue weighted by Crippen LogP contribution is 2.67. The van der Waals surface area contributed by atoms with Gasteiger partial charge in [0.25, 0.3) is 5.91 Å². The minimum atomic E-state index is -2.47. The van der Waals surface area contributed by atoms with Gasteiger partial charge in [0, 0.05) is 61.0 Å². The van der Waals surface area contributed by atoms with Crippen LogP contribution in [0.5, 0.6) is 0 Å². The van der Waals surface area contributed by atoms with Gasteiger partial charge in [-0.1, -0.05) is 62.4 Å². The SMILES string of the molecule is CC(=O)C[C@@]12CO[C@@H]1C[C@H](O)[C@@]1(C)C(=O)[C@H](O)C3=C(C)[C@@H](OC(=O)[C@H](OC(=O)CCC(=O)NCCCCC(NC(=O)CC[C@@H](NC(=O)[C@H](C)NC(=O)c4ccc(F)c(F)c4)C(N)=O)C(=O)O)[C@@H](NC(=O)OC(C)(C)C)c4ccccc4)C[C@@](O)([C@@H](OC(=O)c4ccccc4)[C@H]21)C3(C)C. The van der Waals surface area contributed by atoms with E-state index in [1.165, 1.54) is 65.8 Å². The fourth-order valence-electron chi connectivity index (χ4n) is 13.8. The molecule has 3 aromatic carbocycles. The smallest absolute Gasteiger partial charge is 0.408 e. The Kier molecular flexibility index (Phi) is 24.3. The number of halogens is 2. The minimum Gasteiger partial charge on any atom is -0.480 e.